The van der Waals surface area contributed by atoms with E-state index in [-0.39, 0.29) is 24.3 Å². The molecule has 0 aliphatic carbocycles. The first-order valence-corrected chi connectivity index (χ1v) is 12.1. The highest BCUT2D eigenvalue weighted by molar-refractivity contribution is 5.92. The maximum Gasteiger partial charge on any atom is 0.408 e. The molecule has 2 N–H and O–H groups in total. The van der Waals surface area contributed by atoms with E-state index in [4.69, 9.17) is 11.2 Å². The van der Waals surface area contributed by atoms with E-state index >= 15 is 0 Å². The summed E-state index contributed by atoms with van der Waals surface area (Å²) in [6.45, 7) is 11.3. The van der Waals surface area contributed by atoms with Gasteiger partial charge in [-0.2, -0.15) is 0 Å². The number of rotatable bonds is 9. The number of amides is 3. The molecule has 7 nitrogen and oxygen atoms in total. The number of hydrogen-bond acceptors (Lipinski definition) is 4. The van der Waals surface area contributed by atoms with E-state index in [1.807, 2.05) is 44.2 Å². The van der Waals surface area contributed by atoms with E-state index < -0.39 is 23.8 Å². The minimum atomic E-state index is -0.917. The molecule has 0 bridgehead atoms. The number of ether oxygens (including phenoxy) is 1. The van der Waals surface area contributed by atoms with Crippen molar-refractivity contribution in [2.24, 2.45) is 5.92 Å². The normalized spacial score (nSPS) is 12.7. The van der Waals surface area contributed by atoms with E-state index in [9.17, 15) is 14.4 Å². The molecule has 2 unspecified atom stereocenters. The Bertz CT molecular complexity index is 1070. The van der Waals surface area contributed by atoms with Gasteiger partial charge in [0.05, 0.1) is 0 Å². The zero-order chi connectivity index (χ0) is 26.9. The van der Waals surface area contributed by atoms with Gasteiger partial charge in [0, 0.05) is 18.7 Å². The Morgan fingerprint density at radius 2 is 1.64 bits per heavy atom. The van der Waals surface area contributed by atoms with Gasteiger partial charge in [-0.3, -0.25) is 9.59 Å². The lowest BCUT2D eigenvalue weighted by atomic mass is 9.98. The number of alkyl carbamates (subject to hydrolysis) is 1. The van der Waals surface area contributed by atoms with Gasteiger partial charge in [0.15, 0.2) is 0 Å². The van der Waals surface area contributed by atoms with Gasteiger partial charge in [-0.25, -0.2) is 4.79 Å². The maximum atomic E-state index is 13.8. The molecule has 0 aromatic heterocycles. The molecule has 2 rings (SSSR count). The summed E-state index contributed by atoms with van der Waals surface area (Å²) in [7, 11) is 0. The number of carbonyl (C=O) groups excluding carboxylic acids is 3. The van der Waals surface area contributed by atoms with Crippen LogP contribution < -0.4 is 10.6 Å². The third-order valence-electron chi connectivity index (χ3n) is 5.49. The van der Waals surface area contributed by atoms with Crippen molar-refractivity contribution in [2.45, 2.75) is 65.8 Å². The summed E-state index contributed by atoms with van der Waals surface area (Å²) in [5, 5.41) is 5.65. The third-order valence-corrected chi connectivity index (χ3v) is 5.49. The van der Waals surface area contributed by atoms with Crippen molar-refractivity contribution in [1.82, 2.24) is 15.5 Å². The first-order valence-electron chi connectivity index (χ1n) is 12.1. The molecule has 0 radical (unpaired) electrons. The van der Waals surface area contributed by atoms with Crippen LogP contribution in [0.3, 0.4) is 0 Å². The molecule has 0 spiro atoms. The maximum absolute atomic E-state index is 13.8. The topological polar surface area (TPSA) is 87.7 Å². The summed E-state index contributed by atoms with van der Waals surface area (Å²) < 4.78 is 5.37. The Kier molecular flexibility index (Phi) is 10.1. The molecule has 7 heteroatoms. The standard InChI is InChI=1S/C29H37N3O4/c1-8-21-15-17-23(18-16-21)25(26(33)30-19-22-13-11-10-12-14-22)32(9-2)27(34)24(20(3)4)31-28(35)36-29(5,6)7/h1,10-18,20,24-25H,9,19H2,2-7H3,(H,30,33)(H,31,35). The summed E-state index contributed by atoms with van der Waals surface area (Å²) in [5.74, 6) is 1.62. The Morgan fingerprint density at radius 1 is 1.03 bits per heavy atom. The summed E-state index contributed by atoms with van der Waals surface area (Å²) in [6.07, 6.45) is 4.81. The van der Waals surface area contributed by atoms with Crippen LogP contribution in [0.15, 0.2) is 54.6 Å². The molecule has 36 heavy (non-hydrogen) atoms. The number of nitrogens with zero attached hydrogens (tertiary/aromatic N) is 1. The van der Waals surface area contributed by atoms with Crippen LogP contribution in [0.1, 0.15) is 64.3 Å². The van der Waals surface area contributed by atoms with Crippen molar-refractivity contribution in [3.63, 3.8) is 0 Å². The molecule has 0 aliphatic heterocycles. The van der Waals surface area contributed by atoms with Crippen LogP contribution in [0.4, 0.5) is 4.79 Å². The average molecular weight is 492 g/mol. The highest BCUT2D eigenvalue weighted by atomic mass is 16.6. The van der Waals surface area contributed by atoms with Crippen LogP contribution >= 0.6 is 0 Å². The minimum Gasteiger partial charge on any atom is -0.444 e. The summed E-state index contributed by atoms with van der Waals surface area (Å²) >= 11 is 0. The van der Waals surface area contributed by atoms with Crippen LogP contribution in [-0.4, -0.2) is 41.0 Å². The Balaban J connectivity index is 2.38. The molecule has 192 valence electrons. The van der Waals surface area contributed by atoms with Crippen molar-refractivity contribution in [3.8, 4) is 12.3 Å². The van der Waals surface area contributed by atoms with Gasteiger partial charge >= 0.3 is 6.09 Å². The van der Waals surface area contributed by atoms with E-state index in [1.165, 1.54) is 4.90 Å². The monoisotopic (exact) mass is 491 g/mol. The van der Waals surface area contributed by atoms with E-state index in [0.29, 0.717) is 17.7 Å². The summed E-state index contributed by atoms with van der Waals surface area (Å²) in [6, 6.07) is 14.7. The largest absolute Gasteiger partial charge is 0.444 e. The molecule has 0 saturated carbocycles. The lowest BCUT2D eigenvalue weighted by molar-refractivity contribution is -0.143. The fraction of sp³-hybridized carbons (Fsp3) is 0.414. The van der Waals surface area contributed by atoms with E-state index in [1.54, 1.807) is 52.0 Å². The van der Waals surface area contributed by atoms with Gasteiger partial charge in [0.1, 0.15) is 17.7 Å². The molecule has 0 heterocycles. The van der Waals surface area contributed by atoms with Crippen LogP contribution in [0.5, 0.6) is 0 Å². The van der Waals surface area contributed by atoms with Gasteiger partial charge in [-0.1, -0.05) is 62.2 Å². The Morgan fingerprint density at radius 3 is 2.14 bits per heavy atom. The van der Waals surface area contributed by atoms with E-state index in [2.05, 4.69) is 16.6 Å². The summed E-state index contributed by atoms with van der Waals surface area (Å²) in [4.78, 5) is 41.3. The highest BCUT2D eigenvalue weighted by Crippen LogP contribution is 2.24. The molecule has 0 fully saturated rings. The second-order valence-electron chi connectivity index (χ2n) is 9.86. The quantitative estimate of drug-likeness (QED) is 0.508. The number of likely N-dealkylation sites (N-methyl/N-ethyl adjacent to an activating group) is 1. The molecule has 0 aliphatic rings. The number of terminal acetylenes is 1. The molecular weight excluding hydrogens is 454 g/mol. The van der Waals surface area contributed by atoms with Gasteiger partial charge in [0.2, 0.25) is 11.8 Å². The van der Waals surface area contributed by atoms with Gasteiger partial charge in [-0.05, 0) is 56.9 Å². The molecule has 2 aromatic carbocycles. The van der Waals surface area contributed by atoms with Gasteiger partial charge in [0.25, 0.3) is 0 Å². The zero-order valence-corrected chi connectivity index (χ0v) is 22.0. The Labute approximate surface area is 214 Å². The Hall–Kier alpha value is -3.79. The number of nitrogens with one attached hydrogen (secondary N) is 2. The SMILES string of the molecule is C#Cc1ccc(C(C(=O)NCc2ccccc2)N(CC)C(=O)C(NC(=O)OC(C)(C)C)C(C)C)cc1. The molecule has 0 saturated heterocycles. The first-order chi connectivity index (χ1) is 17.0. The third kappa shape index (κ3) is 8.16. The molecular formula is C29H37N3O4. The molecule has 2 aromatic rings. The molecule has 3 amide bonds. The number of carbonyl (C=O) groups is 3. The molecule has 2 atom stereocenters. The van der Waals surface area contributed by atoms with Crippen LogP contribution in [-0.2, 0) is 20.9 Å². The lowest BCUT2D eigenvalue weighted by Crippen LogP contribution is -2.54. The second kappa shape index (κ2) is 12.8. The van der Waals surface area contributed by atoms with Crippen molar-refractivity contribution in [2.75, 3.05) is 6.54 Å². The predicted molar refractivity (Wildman–Crippen MR) is 141 cm³/mol. The van der Waals surface area contributed by atoms with Crippen molar-refractivity contribution < 1.29 is 19.1 Å². The summed E-state index contributed by atoms with van der Waals surface area (Å²) in [5.41, 5.74) is 1.52. The second-order valence-corrected chi connectivity index (χ2v) is 9.86. The average Bonchev–Trinajstić information content (AvgIpc) is 2.83. The minimum absolute atomic E-state index is 0.240. The van der Waals surface area contributed by atoms with Crippen LogP contribution in [0, 0.1) is 18.3 Å². The zero-order valence-electron chi connectivity index (χ0n) is 22.0. The number of benzene rings is 2. The fourth-order valence-corrected chi connectivity index (χ4v) is 3.71. The fourth-order valence-electron chi connectivity index (χ4n) is 3.71. The smallest absolute Gasteiger partial charge is 0.408 e. The van der Waals surface area contributed by atoms with Crippen molar-refractivity contribution >= 4 is 17.9 Å². The van der Waals surface area contributed by atoms with Crippen LogP contribution in [0.2, 0.25) is 0 Å². The number of hydrogen-bond donors (Lipinski definition) is 2. The van der Waals surface area contributed by atoms with Gasteiger partial charge < -0.3 is 20.3 Å². The lowest BCUT2D eigenvalue weighted by Gasteiger charge is -2.35. The van der Waals surface area contributed by atoms with Crippen molar-refractivity contribution in [1.29, 1.82) is 0 Å². The van der Waals surface area contributed by atoms with Crippen molar-refractivity contribution in [3.05, 3.63) is 71.3 Å². The van der Waals surface area contributed by atoms with Crippen LogP contribution in [0.25, 0.3) is 0 Å². The first kappa shape index (κ1) is 28.4. The highest BCUT2D eigenvalue weighted by Gasteiger charge is 2.36. The predicted octanol–water partition coefficient (Wildman–Crippen LogP) is 4.42. The van der Waals surface area contributed by atoms with Gasteiger partial charge in [-0.15, -0.1) is 6.42 Å². The van der Waals surface area contributed by atoms with E-state index in [0.717, 1.165) is 5.56 Å².